The van der Waals surface area contributed by atoms with E-state index < -0.39 is 11.7 Å². The fourth-order valence-corrected chi connectivity index (χ4v) is 5.29. The number of benzene rings is 3. The highest BCUT2D eigenvalue weighted by atomic mass is 19.4. The number of aryl methyl sites for hydroxylation is 1. The summed E-state index contributed by atoms with van der Waals surface area (Å²) in [6.45, 7) is 8.71. The summed E-state index contributed by atoms with van der Waals surface area (Å²) in [5.41, 5.74) is 2.23. The van der Waals surface area contributed by atoms with Crippen LogP contribution in [0.5, 0.6) is 11.5 Å². The number of amides is 2. The predicted octanol–water partition coefficient (Wildman–Crippen LogP) is 7.09. The van der Waals surface area contributed by atoms with Crippen LogP contribution in [0, 0.1) is 18.8 Å². The van der Waals surface area contributed by atoms with Crippen molar-refractivity contribution in [1.82, 2.24) is 20.0 Å². The van der Waals surface area contributed by atoms with Gasteiger partial charge >= 0.3 is 6.18 Å². The Labute approximate surface area is 248 Å². The van der Waals surface area contributed by atoms with E-state index in [0.717, 1.165) is 48.0 Å². The molecule has 43 heavy (non-hydrogen) atoms. The normalized spacial score (nSPS) is 14.3. The topological polar surface area (TPSA) is 76.5 Å². The number of fused-ring (bicyclic) bond motifs is 1. The number of carbonyl (C=O) groups excluding carboxylic acids is 2. The molecule has 0 bridgehead atoms. The van der Waals surface area contributed by atoms with Gasteiger partial charge in [-0.3, -0.25) is 14.3 Å². The van der Waals surface area contributed by atoms with Gasteiger partial charge in [-0.2, -0.15) is 18.3 Å². The molecule has 1 fully saturated rings. The van der Waals surface area contributed by atoms with Crippen LogP contribution in [0.4, 0.5) is 13.2 Å². The van der Waals surface area contributed by atoms with Crippen molar-refractivity contribution in [3.8, 4) is 11.5 Å². The molecule has 2 heterocycles. The Morgan fingerprint density at radius 3 is 2.21 bits per heavy atom. The fourth-order valence-electron chi connectivity index (χ4n) is 5.29. The number of piperidine rings is 1. The first-order valence-corrected chi connectivity index (χ1v) is 14.5. The second-order valence-corrected chi connectivity index (χ2v) is 11.5. The first kappa shape index (κ1) is 30.1. The van der Waals surface area contributed by atoms with E-state index in [1.54, 1.807) is 24.3 Å². The van der Waals surface area contributed by atoms with E-state index >= 15 is 0 Å². The Morgan fingerprint density at radius 2 is 1.60 bits per heavy atom. The van der Waals surface area contributed by atoms with Gasteiger partial charge in [0.2, 0.25) is 0 Å². The molecule has 0 aliphatic carbocycles. The van der Waals surface area contributed by atoms with Gasteiger partial charge in [0.15, 0.2) is 0 Å². The van der Waals surface area contributed by atoms with Crippen molar-refractivity contribution in [3.05, 3.63) is 89.1 Å². The van der Waals surface area contributed by atoms with Crippen molar-refractivity contribution in [2.75, 3.05) is 19.6 Å². The molecule has 5 rings (SSSR count). The molecule has 7 nitrogen and oxygen atoms in total. The van der Waals surface area contributed by atoms with E-state index in [1.807, 2.05) is 34.8 Å². The van der Waals surface area contributed by atoms with Crippen LogP contribution < -0.4 is 10.1 Å². The number of hydrogen-bond donors (Lipinski definition) is 1. The van der Waals surface area contributed by atoms with E-state index in [1.165, 1.54) is 12.1 Å². The standard InChI is InChI=1S/C33H35F3N4O3/c1-21(2)18-37-31(41)28-12-13-30-29(22(28)3)20-40(38-30)19-23-14-16-39(17-15-23)32(42)24-4-8-26(9-5-24)43-27-10-6-25(7-11-27)33(34,35)36/h4-13,20-21,23H,14-19H2,1-3H3,(H,37,41). The van der Waals surface area contributed by atoms with Crippen LogP contribution in [0.3, 0.4) is 0 Å². The number of ether oxygens (including phenoxy) is 1. The SMILES string of the molecule is Cc1c(C(=O)NCC(C)C)ccc2nn(CC3CCN(C(=O)c4ccc(Oc5ccc(C(F)(F)F)cc5)cc4)CC3)cc12. The Kier molecular flexibility index (Phi) is 8.75. The number of likely N-dealkylation sites (tertiary alicyclic amines) is 1. The molecule has 1 aromatic heterocycles. The molecule has 2 amide bonds. The first-order valence-electron chi connectivity index (χ1n) is 14.5. The van der Waals surface area contributed by atoms with E-state index in [4.69, 9.17) is 9.84 Å². The van der Waals surface area contributed by atoms with Gasteiger partial charge in [-0.25, -0.2) is 0 Å². The molecule has 3 aromatic carbocycles. The Morgan fingerprint density at radius 1 is 0.977 bits per heavy atom. The maximum absolute atomic E-state index is 13.1. The summed E-state index contributed by atoms with van der Waals surface area (Å²) in [7, 11) is 0. The van der Waals surface area contributed by atoms with Crippen molar-refractivity contribution in [3.63, 3.8) is 0 Å². The van der Waals surface area contributed by atoms with Gasteiger partial charge in [0.05, 0.1) is 11.1 Å². The van der Waals surface area contributed by atoms with Crippen LogP contribution in [0.25, 0.3) is 10.9 Å². The summed E-state index contributed by atoms with van der Waals surface area (Å²) in [5, 5.41) is 8.69. The summed E-state index contributed by atoms with van der Waals surface area (Å²) in [6.07, 6.45) is -0.701. The average Bonchev–Trinajstić information content (AvgIpc) is 3.40. The zero-order valence-electron chi connectivity index (χ0n) is 24.4. The maximum atomic E-state index is 13.1. The molecular formula is C33H35F3N4O3. The highest BCUT2D eigenvalue weighted by Gasteiger charge is 2.30. The van der Waals surface area contributed by atoms with Crippen molar-refractivity contribution in [1.29, 1.82) is 0 Å². The first-order chi connectivity index (χ1) is 20.5. The zero-order valence-corrected chi connectivity index (χ0v) is 24.4. The van der Waals surface area contributed by atoms with E-state index in [0.29, 0.717) is 48.3 Å². The molecule has 1 aliphatic rings. The van der Waals surface area contributed by atoms with Gasteiger partial charge in [0.25, 0.3) is 11.8 Å². The minimum absolute atomic E-state index is 0.0664. The van der Waals surface area contributed by atoms with Crippen LogP contribution in [0.1, 0.15) is 58.5 Å². The van der Waals surface area contributed by atoms with Gasteiger partial charge in [0.1, 0.15) is 11.5 Å². The summed E-state index contributed by atoms with van der Waals surface area (Å²) >= 11 is 0. The second-order valence-electron chi connectivity index (χ2n) is 11.5. The quantitative estimate of drug-likeness (QED) is 0.237. The number of aromatic nitrogens is 2. The van der Waals surface area contributed by atoms with Crippen LogP contribution in [0.15, 0.2) is 66.9 Å². The van der Waals surface area contributed by atoms with Crippen LogP contribution in [0.2, 0.25) is 0 Å². The van der Waals surface area contributed by atoms with Crippen molar-refractivity contribution >= 4 is 22.7 Å². The number of nitrogens with one attached hydrogen (secondary N) is 1. The summed E-state index contributed by atoms with van der Waals surface area (Å²) < 4.78 is 45.9. The molecule has 0 spiro atoms. The molecule has 0 atom stereocenters. The van der Waals surface area contributed by atoms with Gasteiger partial charge in [-0.1, -0.05) is 13.8 Å². The highest BCUT2D eigenvalue weighted by molar-refractivity contribution is 6.00. The second kappa shape index (κ2) is 12.5. The smallest absolute Gasteiger partial charge is 0.416 e. The maximum Gasteiger partial charge on any atom is 0.416 e. The number of nitrogens with zero attached hydrogens (tertiary/aromatic N) is 3. The van der Waals surface area contributed by atoms with Gasteiger partial charge in [0, 0.05) is 48.9 Å². The van der Waals surface area contributed by atoms with E-state index in [2.05, 4.69) is 19.2 Å². The Balaban J connectivity index is 1.14. The van der Waals surface area contributed by atoms with Crippen LogP contribution >= 0.6 is 0 Å². The predicted molar refractivity (Wildman–Crippen MR) is 158 cm³/mol. The molecular weight excluding hydrogens is 557 g/mol. The lowest BCUT2D eigenvalue weighted by Gasteiger charge is -2.32. The molecule has 1 N–H and O–H groups in total. The Bertz CT molecular complexity index is 1590. The van der Waals surface area contributed by atoms with Gasteiger partial charge < -0.3 is 15.0 Å². The molecule has 0 saturated carbocycles. The van der Waals surface area contributed by atoms with Crippen LogP contribution in [-0.4, -0.2) is 46.1 Å². The number of rotatable bonds is 8. The number of hydrogen-bond acceptors (Lipinski definition) is 4. The molecule has 1 saturated heterocycles. The summed E-state index contributed by atoms with van der Waals surface area (Å²) in [5.74, 6) is 1.32. The lowest BCUT2D eigenvalue weighted by atomic mass is 9.96. The minimum Gasteiger partial charge on any atom is -0.457 e. The molecule has 1 aliphatic heterocycles. The lowest BCUT2D eigenvalue weighted by Crippen LogP contribution is -2.39. The molecule has 0 radical (unpaired) electrons. The van der Waals surface area contributed by atoms with E-state index in [-0.39, 0.29) is 17.6 Å². The third-order valence-corrected chi connectivity index (χ3v) is 7.79. The average molecular weight is 593 g/mol. The number of alkyl halides is 3. The van der Waals surface area contributed by atoms with Crippen molar-refractivity contribution in [2.24, 2.45) is 11.8 Å². The third-order valence-electron chi connectivity index (χ3n) is 7.79. The molecule has 0 unspecified atom stereocenters. The Hall–Kier alpha value is -4.34. The largest absolute Gasteiger partial charge is 0.457 e. The van der Waals surface area contributed by atoms with Gasteiger partial charge in [-0.15, -0.1) is 0 Å². The fraction of sp³-hybridized carbons (Fsp3) is 0.364. The minimum atomic E-state index is -4.40. The summed E-state index contributed by atoms with van der Waals surface area (Å²) in [4.78, 5) is 27.6. The molecule has 10 heteroatoms. The third kappa shape index (κ3) is 7.18. The van der Waals surface area contributed by atoms with Gasteiger partial charge in [-0.05, 0) is 97.8 Å². The molecule has 226 valence electrons. The highest BCUT2D eigenvalue weighted by Crippen LogP contribution is 2.32. The lowest BCUT2D eigenvalue weighted by molar-refractivity contribution is -0.137. The monoisotopic (exact) mass is 592 g/mol. The van der Waals surface area contributed by atoms with E-state index in [9.17, 15) is 22.8 Å². The number of carbonyl (C=O) groups is 2. The molecule has 4 aromatic rings. The van der Waals surface area contributed by atoms with Crippen LogP contribution in [-0.2, 0) is 12.7 Å². The summed E-state index contributed by atoms with van der Waals surface area (Å²) in [6, 6.07) is 14.8. The van der Waals surface area contributed by atoms with Crippen molar-refractivity contribution < 1.29 is 27.5 Å². The number of halogens is 3. The van der Waals surface area contributed by atoms with Crippen molar-refractivity contribution in [2.45, 2.75) is 46.3 Å². The zero-order chi connectivity index (χ0) is 30.7.